The van der Waals surface area contributed by atoms with Gasteiger partial charge in [0.1, 0.15) is 5.60 Å². The van der Waals surface area contributed by atoms with Gasteiger partial charge in [-0.1, -0.05) is 38.1 Å². The van der Waals surface area contributed by atoms with E-state index in [-0.39, 0.29) is 0 Å². The third kappa shape index (κ3) is 3.56. The molecule has 1 atom stereocenters. The molecule has 3 heteroatoms. The van der Waals surface area contributed by atoms with Crippen molar-refractivity contribution in [2.75, 3.05) is 26.2 Å². The van der Waals surface area contributed by atoms with Crippen LogP contribution in [0.5, 0.6) is 0 Å². The summed E-state index contributed by atoms with van der Waals surface area (Å²) in [6.45, 7) is 9.20. The monoisotopic (exact) mass is 262 g/mol. The predicted molar refractivity (Wildman–Crippen MR) is 79.1 cm³/mol. The van der Waals surface area contributed by atoms with Crippen LogP contribution in [0.4, 0.5) is 0 Å². The van der Waals surface area contributed by atoms with Crippen molar-refractivity contribution in [1.82, 2.24) is 10.2 Å². The van der Waals surface area contributed by atoms with Crippen LogP contribution in [0.3, 0.4) is 0 Å². The molecule has 0 aliphatic carbocycles. The minimum Gasteiger partial charge on any atom is -0.384 e. The van der Waals surface area contributed by atoms with Gasteiger partial charge in [-0.2, -0.15) is 0 Å². The van der Waals surface area contributed by atoms with Crippen molar-refractivity contribution in [2.24, 2.45) is 0 Å². The lowest BCUT2D eigenvalue weighted by Crippen LogP contribution is -2.43. The van der Waals surface area contributed by atoms with Crippen LogP contribution in [0.1, 0.15) is 37.8 Å². The molecule has 1 saturated heterocycles. The third-order valence-corrected chi connectivity index (χ3v) is 4.15. The Kier molecular flexibility index (Phi) is 4.97. The van der Waals surface area contributed by atoms with Crippen LogP contribution in [0.15, 0.2) is 24.3 Å². The molecule has 0 amide bonds. The summed E-state index contributed by atoms with van der Waals surface area (Å²) in [4.78, 5) is 2.39. The van der Waals surface area contributed by atoms with E-state index in [2.05, 4.69) is 48.3 Å². The van der Waals surface area contributed by atoms with Crippen LogP contribution in [0.2, 0.25) is 0 Å². The van der Waals surface area contributed by atoms with Gasteiger partial charge in [0, 0.05) is 13.1 Å². The average molecular weight is 262 g/mol. The number of nitrogens with zero attached hydrogens (tertiary/aromatic N) is 1. The SMILES string of the molecule is CCN(CC)Cc1ccc(C2(O)CCCNC2)cc1. The molecule has 1 heterocycles. The number of hydrogen-bond acceptors (Lipinski definition) is 3. The number of nitrogens with one attached hydrogen (secondary N) is 1. The molecular formula is C16H26N2O. The molecule has 2 rings (SSSR count). The van der Waals surface area contributed by atoms with E-state index >= 15 is 0 Å². The third-order valence-electron chi connectivity index (χ3n) is 4.15. The smallest absolute Gasteiger partial charge is 0.102 e. The lowest BCUT2D eigenvalue weighted by molar-refractivity contribution is 0.0123. The van der Waals surface area contributed by atoms with Crippen molar-refractivity contribution >= 4 is 0 Å². The van der Waals surface area contributed by atoms with E-state index in [9.17, 15) is 5.11 Å². The number of hydrogen-bond donors (Lipinski definition) is 2. The Morgan fingerprint density at radius 1 is 1.21 bits per heavy atom. The molecule has 0 radical (unpaired) electrons. The highest BCUT2D eigenvalue weighted by atomic mass is 16.3. The van der Waals surface area contributed by atoms with Crippen molar-refractivity contribution < 1.29 is 5.11 Å². The Balaban J connectivity index is 2.05. The summed E-state index contributed by atoms with van der Waals surface area (Å²) in [5.74, 6) is 0. The summed E-state index contributed by atoms with van der Waals surface area (Å²) in [6, 6.07) is 8.48. The molecule has 0 bridgehead atoms. The minimum atomic E-state index is -0.675. The second-order valence-electron chi connectivity index (χ2n) is 5.47. The predicted octanol–water partition coefficient (Wildman–Crippen LogP) is 2.10. The Bertz CT molecular complexity index is 378. The maximum absolute atomic E-state index is 10.6. The normalized spacial score (nSPS) is 23.8. The van der Waals surface area contributed by atoms with Gasteiger partial charge in [0.2, 0.25) is 0 Å². The molecule has 3 nitrogen and oxygen atoms in total. The first-order valence-corrected chi connectivity index (χ1v) is 7.43. The van der Waals surface area contributed by atoms with Gasteiger partial charge in [-0.3, -0.25) is 4.90 Å². The lowest BCUT2D eigenvalue weighted by Gasteiger charge is -2.33. The van der Waals surface area contributed by atoms with Crippen molar-refractivity contribution in [3.05, 3.63) is 35.4 Å². The molecular weight excluding hydrogens is 236 g/mol. The highest BCUT2D eigenvalue weighted by Gasteiger charge is 2.30. The summed E-state index contributed by atoms with van der Waals surface area (Å²) in [5.41, 5.74) is 1.69. The van der Waals surface area contributed by atoms with Gasteiger partial charge in [0.05, 0.1) is 0 Å². The van der Waals surface area contributed by atoms with Crippen LogP contribution in [0, 0.1) is 0 Å². The van der Waals surface area contributed by atoms with Gasteiger partial charge in [-0.05, 0) is 43.6 Å². The van der Waals surface area contributed by atoms with Gasteiger partial charge >= 0.3 is 0 Å². The zero-order valence-electron chi connectivity index (χ0n) is 12.2. The molecule has 1 aromatic carbocycles. The van der Waals surface area contributed by atoms with Crippen LogP contribution >= 0.6 is 0 Å². The topological polar surface area (TPSA) is 35.5 Å². The maximum atomic E-state index is 10.6. The molecule has 1 aliphatic rings. The summed E-state index contributed by atoms with van der Waals surface area (Å²) < 4.78 is 0. The van der Waals surface area contributed by atoms with E-state index in [0.29, 0.717) is 6.54 Å². The van der Waals surface area contributed by atoms with E-state index in [0.717, 1.165) is 44.6 Å². The Morgan fingerprint density at radius 2 is 1.89 bits per heavy atom. The first-order chi connectivity index (χ1) is 9.18. The Morgan fingerprint density at radius 3 is 2.42 bits per heavy atom. The number of rotatable bonds is 5. The number of piperidine rings is 1. The minimum absolute atomic E-state index is 0.669. The first kappa shape index (κ1) is 14.5. The largest absolute Gasteiger partial charge is 0.384 e. The van der Waals surface area contributed by atoms with Gasteiger partial charge < -0.3 is 10.4 Å². The van der Waals surface area contributed by atoms with Crippen molar-refractivity contribution in [3.63, 3.8) is 0 Å². The van der Waals surface area contributed by atoms with E-state index in [1.54, 1.807) is 0 Å². The second kappa shape index (κ2) is 6.51. The highest BCUT2D eigenvalue weighted by molar-refractivity contribution is 5.28. The summed E-state index contributed by atoms with van der Waals surface area (Å²) >= 11 is 0. The molecule has 1 fully saturated rings. The molecule has 0 saturated carbocycles. The van der Waals surface area contributed by atoms with Gasteiger partial charge in [-0.15, -0.1) is 0 Å². The van der Waals surface area contributed by atoms with E-state index in [4.69, 9.17) is 0 Å². The van der Waals surface area contributed by atoms with Crippen molar-refractivity contribution in [1.29, 1.82) is 0 Å². The zero-order valence-corrected chi connectivity index (χ0v) is 12.2. The Hall–Kier alpha value is -0.900. The molecule has 1 unspecified atom stereocenters. The first-order valence-electron chi connectivity index (χ1n) is 7.43. The zero-order chi connectivity index (χ0) is 13.7. The average Bonchev–Trinajstić information content (AvgIpc) is 2.46. The number of aliphatic hydroxyl groups is 1. The van der Waals surface area contributed by atoms with Gasteiger partial charge in [0.25, 0.3) is 0 Å². The van der Waals surface area contributed by atoms with Gasteiger partial charge in [0.15, 0.2) is 0 Å². The van der Waals surface area contributed by atoms with Crippen LogP contribution < -0.4 is 5.32 Å². The fourth-order valence-electron chi connectivity index (χ4n) is 2.76. The quantitative estimate of drug-likeness (QED) is 0.853. The molecule has 2 N–H and O–H groups in total. The van der Waals surface area contributed by atoms with Crippen molar-refractivity contribution in [2.45, 2.75) is 38.8 Å². The van der Waals surface area contributed by atoms with Gasteiger partial charge in [-0.25, -0.2) is 0 Å². The number of β-amino-alcohol motifs (C(OH)–C–C–N with tert-alkyl or cyclic N) is 1. The van der Waals surface area contributed by atoms with E-state index in [1.165, 1.54) is 5.56 Å². The lowest BCUT2D eigenvalue weighted by atomic mass is 9.86. The fourth-order valence-corrected chi connectivity index (χ4v) is 2.76. The molecule has 1 aliphatic heterocycles. The molecule has 0 spiro atoms. The number of benzene rings is 1. The molecule has 19 heavy (non-hydrogen) atoms. The summed E-state index contributed by atoms with van der Waals surface area (Å²) in [6.07, 6.45) is 1.90. The molecule has 1 aromatic rings. The standard InChI is InChI=1S/C16H26N2O/c1-3-18(4-2)12-14-6-8-15(9-7-14)16(19)10-5-11-17-13-16/h6-9,17,19H,3-5,10-13H2,1-2H3. The van der Waals surface area contributed by atoms with Crippen molar-refractivity contribution in [3.8, 4) is 0 Å². The van der Waals surface area contributed by atoms with Crippen LogP contribution in [-0.2, 0) is 12.1 Å². The van der Waals surface area contributed by atoms with E-state index < -0.39 is 5.60 Å². The van der Waals surface area contributed by atoms with E-state index in [1.807, 2.05) is 0 Å². The Labute approximate surface area is 116 Å². The summed E-state index contributed by atoms with van der Waals surface area (Å²) in [7, 11) is 0. The highest BCUT2D eigenvalue weighted by Crippen LogP contribution is 2.28. The molecule has 0 aromatic heterocycles. The fraction of sp³-hybridized carbons (Fsp3) is 0.625. The van der Waals surface area contributed by atoms with Crippen LogP contribution in [-0.4, -0.2) is 36.2 Å². The summed E-state index contributed by atoms with van der Waals surface area (Å²) in [5, 5.41) is 13.9. The second-order valence-corrected chi connectivity index (χ2v) is 5.47. The molecule has 106 valence electrons. The van der Waals surface area contributed by atoms with Crippen LogP contribution in [0.25, 0.3) is 0 Å². The maximum Gasteiger partial charge on any atom is 0.102 e.